The zero-order chi connectivity index (χ0) is 14.2. The molecule has 0 radical (unpaired) electrons. The predicted octanol–water partition coefficient (Wildman–Crippen LogP) is 1.97. The van der Waals surface area contributed by atoms with Crippen LogP contribution < -0.4 is 0 Å². The maximum absolute atomic E-state index is 9.62. The van der Waals surface area contributed by atoms with Crippen molar-refractivity contribution in [3.8, 4) is 12.1 Å². The highest BCUT2D eigenvalue weighted by molar-refractivity contribution is 5.57. The second-order valence-corrected chi connectivity index (χ2v) is 2.75. The Balaban J connectivity index is 0. The van der Waals surface area contributed by atoms with E-state index < -0.39 is 12.3 Å². The average Bonchev–Trinajstić information content (AvgIpc) is 2.31. The molecule has 0 aliphatic carbocycles. The summed E-state index contributed by atoms with van der Waals surface area (Å²) in [6, 6.07) is 4.03. The molecule has 0 spiro atoms. The molecule has 0 aromatic heterocycles. The molecule has 0 saturated heterocycles. The van der Waals surface area contributed by atoms with Crippen molar-refractivity contribution in [3.05, 3.63) is 0 Å². The first kappa shape index (κ1) is 17.9. The smallest absolute Gasteiger partial charge is 0.450 e. The Hall–Kier alpha value is -2.48. The third-order valence-electron chi connectivity index (χ3n) is 1.36. The summed E-state index contributed by atoms with van der Waals surface area (Å²) >= 11 is 0. The fourth-order valence-corrected chi connectivity index (χ4v) is 0.666. The fourth-order valence-electron chi connectivity index (χ4n) is 0.666. The molecule has 0 aliphatic heterocycles. The van der Waals surface area contributed by atoms with Gasteiger partial charge in [0, 0.05) is 12.8 Å². The van der Waals surface area contributed by atoms with E-state index >= 15 is 0 Å². The Morgan fingerprint density at radius 2 is 1.22 bits per heavy atom. The number of hydrogen-bond donors (Lipinski definition) is 2. The Kier molecular flexibility index (Phi) is 14.4. The van der Waals surface area contributed by atoms with Crippen LogP contribution in [-0.2, 0) is 9.47 Å². The molecule has 0 bridgehead atoms. The molecule has 8 heteroatoms. The van der Waals surface area contributed by atoms with Gasteiger partial charge in [-0.15, -0.1) is 0 Å². The minimum Gasteiger partial charge on any atom is -0.450 e. The van der Waals surface area contributed by atoms with Gasteiger partial charge in [0.05, 0.1) is 12.1 Å². The predicted molar refractivity (Wildman–Crippen MR) is 57.6 cm³/mol. The van der Waals surface area contributed by atoms with E-state index in [4.69, 9.17) is 20.7 Å². The van der Waals surface area contributed by atoms with Crippen LogP contribution in [0, 0.1) is 22.7 Å². The highest BCUT2D eigenvalue weighted by Crippen LogP contribution is 1.95. The Morgan fingerprint density at radius 3 is 1.44 bits per heavy atom. The van der Waals surface area contributed by atoms with Crippen LogP contribution in [0.2, 0.25) is 0 Å². The van der Waals surface area contributed by atoms with Crippen molar-refractivity contribution in [2.24, 2.45) is 0 Å². The molecule has 8 nitrogen and oxygen atoms in total. The maximum atomic E-state index is 9.62. The van der Waals surface area contributed by atoms with Gasteiger partial charge < -0.3 is 19.7 Å². The summed E-state index contributed by atoms with van der Waals surface area (Å²) < 4.78 is 7.84. The van der Waals surface area contributed by atoms with Gasteiger partial charge >= 0.3 is 12.3 Å². The van der Waals surface area contributed by atoms with Crippen LogP contribution in [0.3, 0.4) is 0 Å². The fraction of sp³-hybridized carbons (Fsp3) is 0.600. The van der Waals surface area contributed by atoms with Gasteiger partial charge in [-0.1, -0.05) is 0 Å². The van der Waals surface area contributed by atoms with Crippen molar-refractivity contribution in [2.75, 3.05) is 13.2 Å². The molecule has 0 fully saturated rings. The van der Waals surface area contributed by atoms with Crippen molar-refractivity contribution in [1.29, 1.82) is 10.5 Å². The van der Waals surface area contributed by atoms with Gasteiger partial charge in [-0.25, -0.2) is 9.59 Å². The summed E-state index contributed by atoms with van der Waals surface area (Å²) in [6.45, 7) is -0.552. The number of nitrogens with zero attached hydrogens (tertiary/aromatic N) is 2. The number of carbonyl (C=O) groups is 2. The summed E-state index contributed by atoms with van der Waals surface area (Å²) in [5.41, 5.74) is 0. The molecule has 0 aliphatic rings. The van der Waals surface area contributed by atoms with Crippen LogP contribution in [0.25, 0.3) is 0 Å². The lowest BCUT2D eigenvalue weighted by Crippen LogP contribution is -2.10. The van der Waals surface area contributed by atoms with Gasteiger partial charge in [0.1, 0.15) is 13.2 Å². The second-order valence-electron chi connectivity index (χ2n) is 2.75. The van der Waals surface area contributed by atoms with E-state index in [1.165, 1.54) is 0 Å². The molecule has 0 saturated carbocycles. The minimum absolute atomic E-state index is 0.276. The summed E-state index contributed by atoms with van der Waals surface area (Å²) in [5.74, 6) is 0. The molecule has 0 atom stereocenters. The third-order valence-corrected chi connectivity index (χ3v) is 1.36. The molecule has 0 amide bonds. The second kappa shape index (κ2) is 14.5. The molecular weight excluding hydrogens is 244 g/mol. The van der Waals surface area contributed by atoms with Crippen molar-refractivity contribution in [2.45, 2.75) is 25.7 Å². The summed E-state index contributed by atoms with van der Waals surface area (Å²) in [5, 5.41) is 31.8. The Morgan fingerprint density at radius 1 is 0.889 bits per heavy atom. The van der Waals surface area contributed by atoms with E-state index in [-0.39, 0.29) is 13.2 Å². The lowest BCUT2D eigenvalue weighted by Gasteiger charge is -1.98. The molecule has 0 rings (SSSR count). The van der Waals surface area contributed by atoms with E-state index in [0.717, 1.165) is 12.8 Å². The lowest BCUT2D eigenvalue weighted by molar-refractivity contribution is 0.0472. The molecule has 0 aromatic carbocycles. The number of hydrogen-bond acceptors (Lipinski definition) is 6. The van der Waals surface area contributed by atoms with Crippen LogP contribution in [-0.4, -0.2) is 35.7 Å². The number of unbranched alkanes of at least 4 members (excludes halogenated alkanes) is 3. The monoisotopic (exact) mass is 258 g/mol. The first-order valence-corrected chi connectivity index (χ1v) is 5.00. The van der Waals surface area contributed by atoms with E-state index in [1.54, 1.807) is 0 Å². The zero-order valence-corrected chi connectivity index (χ0v) is 9.66. The molecule has 0 unspecified atom stereocenters. The lowest BCUT2D eigenvalue weighted by atomic mass is 10.2. The summed E-state index contributed by atoms with van der Waals surface area (Å²) in [4.78, 5) is 19.2. The van der Waals surface area contributed by atoms with Crippen LogP contribution in [0.4, 0.5) is 9.59 Å². The number of carboxylic acid groups (broad SMARTS) is 2. The highest BCUT2D eigenvalue weighted by Gasteiger charge is 1.98. The van der Waals surface area contributed by atoms with Crippen molar-refractivity contribution >= 4 is 12.3 Å². The topological polar surface area (TPSA) is 141 Å². The molecular formula is C10H14N2O6. The number of rotatable bonds is 6. The van der Waals surface area contributed by atoms with Crippen LogP contribution in [0.15, 0.2) is 0 Å². The summed E-state index contributed by atoms with van der Waals surface area (Å²) in [6.07, 6.45) is 0.000257. The first-order valence-electron chi connectivity index (χ1n) is 5.00. The normalized spacial score (nSPS) is 7.89. The molecule has 100 valence electrons. The Bertz CT molecular complexity index is 285. The van der Waals surface area contributed by atoms with Gasteiger partial charge in [0.15, 0.2) is 0 Å². The molecule has 0 heterocycles. The van der Waals surface area contributed by atoms with E-state index in [2.05, 4.69) is 9.47 Å². The third kappa shape index (κ3) is 23.4. The highest BCUT2D eigenvalue weighted by atomic mass is 16.7. The van der Waals surface area contributed by atoms with Crippen LogP contribution in [0.5, 0.6) is 0 Å². The molecule has 18 heavy (non-hydrogen) atoms. The standard InChI is InChI=1S/C6H8N2.C4H6O6/c7-5-3-1-2-4-6-8;5-3(6)9-1-2-10-4(7)8/h1-4H2;1-2H2,(H,5,6)(H,7,8). The van der Waals surface area contributed by atoms with Gasteiger partial charge in [0.25, 0.3) is 0 Å². The maximum Gasteiger partial charge on any atom is 0.505 e. The van der Waals surface area contributed by atoms with Gasteiger partial charge in [-0.05, 0) is 12.8 Å². The van der Waals surface area contributed by atoms with E-state index in [1.807, 2.05) is 12.1 Å². The largest absolute Gasteiger partial charge is 0.505 e. The van der Waals surface area contributed by atoms with Crippen molar-refractivity contribution in [1.82, 2.24) is 0 Å². The average molecular weight is 258 g/mol. The van der Waals surface area contributed by atoms with Gasteiger partial charge in [-0.3, -0.25) is 0 Å². The van der Waals surface area contributed by atoms with E-state index in [9.17, 15) is 9.59 Å². The zero-order valence-electron chi connectivity index (χ0n) is 9.66. The van der Waals surface area contributed by atoms with Crippen LogP contribution >= 0.6 is 0 Å². The van der Waals surface area contributed by atoms with Crippen molar-refractivity contribution in [3.63, 3.8) is 0 Å². The van der Waals surface area contributed by atoms with E-state index in [0.29, 0.717) is 12.8 Å². The quantitative estimate of drug-likeness (QED) is 0.544. The molecule has 0 aromatic rings. The SMILES string of the molecule is N#CCCCCC#N.O=C(O)OCCOC(=O)O. The number of nitriles is 2. The van der Waals surface area contributed by atoms with Gasteiger partial charge in [0.2, 0.25) is 0 Å². The van der Waals surface area contributed by atoms with Gasteiger partial charge in [-0.2, -0.15) is 10.5 Å². The summed E-state index contributed by atoms with van der Waals surface area (Å²) in [7, 11) is 0. The Labute approximate surface area is 104 Å². The van der Waals surface area contributed by atoms with Crippen molar-refractivity contribution < 1.29 is 29.3 Å². The van der Waals surface area contributed by atoms with Crippen LogP contribution in [0.1, 0.15) is 25.7 Å². The minimum atomic E-state index is -1.45. The number of ether oxygens (including phenoxy) is 2. The molecule has 2 N–H and O–H groups in total. The first-order chi connectivity index (χ1) is 8.54.